The average molecular weight is 393 g/mol. The molecule has 1 aliphatic heterocycles. The highest BCUT2D eigenvalue weighted by Gasteiger charge is 2.13. The fraction of sp³-hybridized carbons (Fsp3) is 0.391. The number of carbonyl (C=O) groups excluding carboxylic acids is 1. The highest BCUT2D eigenvalue weighted by atomic mass is 16.5. The zero-order valence-electron chi connectivity index (χ0n) is 17.1. The van der Waals surface area contributed by atoms with Crippen LogP contribution >= 0.6 is 0 Å². The van der Waals surface area contributed by atoms with Gasteiger partial charge in [-0.25, -0.2) is 4.98 Å². The number of morpholine rings is 1. The highest BCUT2D eigenvalue weighted by molar-refractivity contribution is 5.93. The molecule has 0 radical (unpaired) electrons. The van der Waals surface area contributed by atoms with Crippen molar-refractivity contribution in [1.29, 1.82) is 0 Å². The second kappa shape index (κ2) is 8.76. The molecule has 0 unspecified atom stereocenters. The van der Waals surface area contributed by atoms with Crippen molar-refractivity contribution in [2.75, 3.05) is 31.6 Å². The number of aromatic nitrogens is 2. The Balaban J connectivity index is 1.36. The Morgan fingerprint density at radius 3 is 2.79 bits per heavy atom. The van der Waals surface area contributed by atoms with E-state index in [1.807, 2.05) is 18.2 Å². The average Bonchev–Trinajstić information content (AvgIpc) is 3.09. The molecule has 0 spiro atoms. The van der Waals surface area contributed by atoms with Crippen molar-refractivity contribution in [3.8, 4) is 0 Å². The van der Waals surface area contributed by atoms with Crippen LogP contribution in [-0.4, -0.2) is 47.1 Å². The smallest absolute Gasteiger partial charge is 0.224 e. The molecular weight excluding hydrogens is 364 g/mol. The van der Waals surface area contributed by atoms with E-state index in [0.29, 0.717) is 6.42 Å². The van der Waals surface area contributed by atoms with Gasteiger partial charge in [-0.1, -0.05) is 23.8 Å². The number of fused-ring (bicyclic) bond motifs is 1. The van der Waals surface area contributed by atoms with Crippen LogP contribution in [0.5, 0.6) is 0 Å². The van der Waals surface area contributed by atoms with Gasteiger partial charge in [0.25, 0.3) is 0 Å². The molecule has 3 aromatic rings. The Morgan fingerprint density at radius 1 is 1.17 bits per heavy atom. The van der Waals surface area contributed by atoms with Crippen LogP contribution in [0.1, 0.15) is 28.9 Å². The van der Waals surface area contributed by atoms with Crippen LogP contribution < -0.4 is 5.32 Å². The first-order chi connectivity index (χ1) is 14.1. The second-order valence-corrected chi connectivity index (χ2v) is 7.78. The molecule has 1 aromatic heterocycles. The summed E-state index contributed by atoms with van der Waals surface area (Å²) in [5.41, 5.74) is 6.37. The Hall–Kier alpha value is -2.70. The first kappa shape index (κ1) is 19.6. The topological polar surface area (TPSA) is 70.2 Å². The molecular formula is C23H28N4O2. The zero-order valence-corrected chi connectivity index (χ0v) is 17.1. The summed E-state index contributed by atoms with van der Waals surface area (Å²) in [4.78, 5) is 22.8. The lowest BCUT2D eigenvalue weighted by Gasteiger charge is -2.25. The van der Waals surface area contributed by atoms with Gasteiger partial charge in [-0.2, -0.15) is 0 Å². The lowest BCUT2D eigenvalue weighted by molar-refractivity contribution is -0.116. The van der Waals surface area contributed by atoms with E-state index < -0.39 is 0 Å². The number of imidazole rings is 1. The van der Waals surface area contributed by atoms with Gasteiger partial charge in [-0.3, -0.25) is 9.69 Å². The van der Waals surface area contributed by atoms with Gasteiger partial charge >= 0.3 is 0 Å². The van der Waals surface area contributed by atoms with E-state index in [-0.39, 0.29) is 5.91 Å². The summed E-state index contributed by atoms with van der Waals surface area (Å²) in [6.45, 7) is 8.38. The van der Waals surface area contributed by atoms with Crippen molar-refractivity contribution in [1.82, 2.24) is 14.9 Å². The van der Waals surface area contributed by atoms with Crippen LogP contribution in [0, 0.1) is 13.8 Å². The van der Waals surface area contributed by atoms with Crippen LogP contribution in [0.3, 0.4) is 0 Å². The van der Waals surface area contributed by atoms with Gasteiger partial charge in [0.2, 0.25) is 5.91 Å². The van der Waals surface area contributed by atoms with E-state index in [0.717, 1.165) is 61.8 Å². The summed E-state index contributed by atoms with van der Waals surface area (Å²) >= 11 is 0. The largest absolute Gasteiger partial charge is 0.379 e. The molecule has 1 amide bonds. The van der Waals surface area contributed by atoms with Crippen molar-refractivity contribution in [3.63, 3.8) is 0 Å². The van der Waals surface area contributed by atoms with E-state index in [9.17, 15) is 4.79 Å². The standard InChI is InChI=1S/C23H28N4O2/c1-16-3-4-18(17(2)13-16)5-8-23(28)24-19-6-7-20-21(14-19)26-22(25-20)15-27-9-11-29-12-10-27/h3-4,6-7,13-14H,5,8-12,15H2,1-2H3,(H,24,28)(H,25,26). The number of nitrogens with one attached hydrogen (secondary N) is 2. The summed E-state index contributed by atoms with van der Waals surface area (Å²) in [6.07, 6.45) is 1.21. The van der Waals surface area contributed by atoms with Gasteiger partial charge < -0.3 is 15.0 Å². The van der Waals surface area contributed by atoms with Crippen molar-refractivity contribution >= 4 is 22.6 Å². The van der Waals surface area contributed by atoms with E-state index in [1.54, 1.807) is 0 Å². The molecule has 0 atom stereocenters. The van der Waals surface area contributed by atoms with E-state index in [4.69, 9.17) is 4.74 Å². The van der Waals surface area contributed by atoms with Gasteiger partial charge in [-0.05, 0) is 49.6 Å². The number of aromatic amines is 1. The quantitative estimate of drug-likeness (QED) is 0.673. The third kappa shape index (κ3) is 5.02. The number of hydrogen-bond acceptors (Lipinski definition) is 4. The number of nitrogens with zero attached hydrogens (tertiary/aromatic N) is 2. The molecule has 152 valence electrons. The third-order valence-electron chi connectivity index (χ3n) is 5.41. The Morgan fingerprint density at radius 2 is 2.00 bits per heavy atom. The SMILES string of the molecule is Cc1ccc(CCC(=O)Nc2ccc3nc(CN4CCOCC4)[nH]c3c2)c(C)c1. The molecule has 6 heteroatoms. The molecule has 4 rings (SSSR count). The molecule has 1 fully saturated rings. The van der Waals surface area contributed by atoms with Gasteiger partial charge in [0.15, 0.2) is 0 Å². The number of anilines is 1. The first-order valence-corrected chi connectivity index (χ1v) is 10.2. The lowest BCUT2D eigenvalue weighted by Crippen LogP contribution is -2.35. The number of benzene rings is 2. The minimum atomic E-state index is 0.0254. The maximum Gasteiger partial charge on any atom is 0.224 e. The number of amides is 1. The fourth-order valence-electron chi connectivity index (χ4n) is 3.78. The predicted octanol–water partition coefficient (Wildman–Crippen LogP) is 3.58. The molecule has 1 saturated heterocycles. The van der Waals surface area contributed by atoms with Gasteiger partial charge in [0, 0.05) is 25.2 Å². The Bertz CT molecular complexity index is 1010. The zero-order chi connectivity index (χ0) is 20.2. The molecule has 0 bridgehead atoms. The van der Waals surface area contributed by atoms with Crippen molar-refractivity contribution in [2.24, 2.45) is 0 Å². The van der Waals surface area contributed by atoms with E-state index in [2.05, 4.69) is 52.2 Å². The van der Waals surface area contributed by atoms with Crippen molar-refractivity contribution in [2.45, 2.75) is 33.2 Å². The second-order valence-electron chi connectivity index (χ2n) is 7.78. The summed E-state index contributed by atoms with van der Waals surface area (Å²) in [5.74, 6) is 0.970. The summed E-state index contributed by atoms with van der Waals surface area (Å²) in [7, 11) is 0. The molecule has 1 aliphatic rings. The van der Waals surface area contributed by atoms with Crippen LogP contribution in [0.4, 0.5) is 5.69 Å². The molecule has 2 N–H and O–H groups in total. The molecule has 29 heavy (non-hydrogen) atoms. The predicted molar refractivity (Wildman–Crippen MR) is 115 cm³/mol. The summed E-state index contributed by atoms with van der Waals surface area (Å²) in [6, 6.07) is 12.2. The van der Waals surface area contributed by atoms with Gasteiger partial charge in [0.05, 0.1) is 30.8 Å². The maximum absolute atomic E-state index is 12.4. The Kier molecular flexibility index (Phi) is 5.92. The monoisotopic (exact) mass is 392 g/mol. The molecule has 0 saturated carbocycles. The minimum absolute atomic E-state index is 0.0254. The number of ether oxygens (including phenoxy) is 1. The fourth-order valence-corrected chi connectivity index (χ4v) is 3.78. The first-order valence-electron chi connectivity index (χ1n) is 10.2. The van der Waals surface area contributed by atoms with E-state index in [1.165, 1.54) is 16.7 Å². The van der Waals surface area contributed by atoms with Crippen molar-refractivity contribution in [3.05, 3.63) is 58.9 Å². The number of rotatable bonds is 6. The minimum Gasteiger partial charge on any atom is -0.379 e. The van der Waals surface area contributed by atoms with Gasteiger partial charge in [-0.15, -0.1) is 0 Å². The Labute approximate surface area is 171 Å². The number of carbonyl (C=O) groups is 1. The molecule has 0 aliphatic carbocycles. The summed E-state index contributed by atoms with van der Waals surface area (Å²) < 4.78 is 5.40. The van der Waals surface area contributed by atoms with Crippen LogP contribution in [-0.2, 0) is 22.5 Å². The van der Waals surface area contributed by atoms with Crippen LogP contribution in [0.2, 0.25) is 0 Å². The lowest BCUT2D eigenvalue weighted by atomic mass is 10.0. The van der Waals surface area contributed by atoms with E-state index >= 15 is 0 Å². The summed E-state index contributed by atoms with van der Waals surface area (Å²) in [5, 5.41) is 3.01. The number of hydrogen-bond donors (Lipinski definition) is 2. The molecule has 6 nitrogen and oxygen atoms in total. The number of H-pyrrole nitrogens is 1. The molecule has 2 aromatic carbocycles. The van der Waals surface area contributed by atoms with Gasteiger partial charge in [0.1, 0.15) is 5.82 Å². The highest BCUT2D eigenvalue weighted by Crippen LogP contribution is 2.19. The normalized spacial score (nSPS) is 15.0. The maximum atomic E-state index is 12.4. The third-order valence-corrected chi connectivity index (χ3v) is 5.41. The number of aryl methyl sites for hydroxylation is 3. The van der Waals surface area contributed by atoms with Crippen LogP contribution in [0.25, 0.3) is 11.0 Å². The van der Waals surface area contributed by atoms with Crippen LogP contribution in [0.15, 0.2) is 36.4 Å². The van der Waals surface area contributed by atoms with Crippen molar-refractivity contribution < 1.29 is 9.53 Å². The molecule has 2 heterocycles.